The van der Waals surface area contributed by atoms with Crippen LogP contribution in [0, 0.1) is 5.82 Å². The van der Waals surface area contributed by atoms with Gasteiger partial charge in [-0.2, -0.15) is 0 Å². The summed E-state index contributed by atoms with van der Waals surface area (Å²) in [5, 5.41) is 0. The van der Waals surface area contributed by atoms with Crippen LogP contribution in [0.1, 0.15) is 18.4 Å². The highest BCUT2D eigenvalue weighted by molar-refractivity contribution is 7.89. The average molecular weight is 348 g/mol. The fourth-order valence-electron chi connectivity index (χ4n) is 2.63. The molecule has 2 aromatic carbocycles. The number of hydrogen-bond acceptors (Lipinski definition) is 3. The maximum absolute atomic E-state index is 12.9. The lowest BCUT2D eigenvalue weighted by Crippen LogP contribution is -2.25. The number of nitrogens with one attached hydrogen (secondary N) is 1. The van der Waals surface area contributed by atoms with Gasteiger partial charge in [-0.25, -0.2) is 17.5 Å². The molecule has 7 heteroatoms. The second-order valence-corrected chi connectivity index (χ2v) is 7.36. The number of carbonyl (C=O) groups excluding carboxylic acids is 1. The third kappa shape index (κ3) is 3.63. The Balaban J connectivity index is 1.72. The predicted molar refractivity (Wildman–Crippen MR) is 88.5 cm³/mol. The number of sulfonamides is 1. The molecular weight excluding hydrogens is 331 g/mol. The van der Waals surface area contributed by atoms with Crippen molar-refractivity contribution in [1.82, 2.24) is 4.72 Å². The lowest BCUT2D eigenvalue weighted by atomic mass is 10.2. The molecule has 24 heavy (non-hydrogen) atoms. The van der Waals surface area contributed by atoms with Crippen LogP contribution >= 0.6 is 0 Å². The van der Waals surface area contributed by atoms with Gasteiger partial charge in [-0.05, 0) is 48.4 Å². The van der Waals surface area contributed by atoms with E-state index in [1.165, 1.54) is 12.1 Å². The van der Waals surface area contributed by atoms with Crippen LogP contribution in [-0.4, -0.2) is 20.9 Å². The van der Waals surface area contributed by atoms with Gasteiger partial charge in [0.15, 0.2) is 0 Å². The Morgan fingerprint density at radius 1 is 1.12 bits per heavy atom. The van der Waals surface area contributed by atoms with Gasteiger partial charge in [0, 0.05) is 25.2 Å². The predicted octanol–water partition coefficient (Wildman–Crippen LogP) is 2.43. The number of hydrogen-bond donors (Lipinski definition) is 1. The molecular formula is C17H17FN2O3S. The summed E-state index contributed by atoms with van der Waals surface area (Å²) in [5.41, 5.74) is 1.52. The molecule has 0 spiro atoms. The van der Waals surface area contributed by atoms with Crippen LogP contribution in [0.5, 0.6) is 0 Å². The van der Waals surface area contributed by atoms with Crippen molar-refractivity contribution < 1.29 is 17.6 Å². The summed E-state index contributed by atoms with van der Waals surface area (Å²) in [4.78, 5) is 13.5. The number of carbonyl (C=O) groups is 1. The summed E-state index contributed by atoms with van der Waals surface area (Å²) in [7, 11) is -3.72. The topological polar surface area (TPSA) is 66.5 Å². The second kappa shape index (κ2) is 6.70. The van der Waals surface area contributed by atoms with Crippen molar-refractivity contribution in [2.45, 2.75) is 24.3 Å². The molecule has 0 aromatic heterocycles. The Hall–Kier alpha value is -2.25. The van der Waals surface area contributed by atoms with E-state index in [0.29, 0.717) is 13.0 Å². The molecule has 0 atom stereocenters. The van der Waals surface area contributed by atoms with Crippen molar-refractivity contribution in [2.75, 3.05) is 11.4 Å². The number of anilines is 1. The van der Waals surface area contributed by atoms with E-state index < -0.39 is 15.8 Å². The van der Waals surface area contributed by atoms with E-state index in [-0.39, 0.29) is 17.3 Å². The zero-order valence-electron chi connectivity index (χ0n) is 12.9. The smallest absolute Gasteiger partial charge is 0.240 e. The molecule has 0 bridgehead atoms. The molecule has 0 aliphatic carbocycles. The van der Waals surface area contributed by atoms with Gasteiger partial charge < -0.3 is 4.90 Å². The first-order valence-corrected chi connectivity index (χ1v) is 9.08. The van der Waals surface area contributed by atoms with Crippen molar-refractivity contribution in [1.29, 1.82) is 0 Å². The molecule has 2 aromatic rings. The first-order valence-electron chi connectivity index (χ1n) is 7.60. The largest absolute Gasteiger partial charge is 0.312 e. The molecule has 0 radical (unpaired) electrons. The van der Waals surface area contributed by atoms with Crippen LogP contribution in [-0.2, 0) is 21.4 Å². The summed E-state index contributed by atoms with van der Waals surface area (Å²) in [6, 6.07) is 11.9. The van der Waals surface area contributed by atoms with Crippen LogP contribution < -0.4 is 9.62 Å². The SMILES string of the molecule is O=C1CCCN1c1cccc(CNS(=O)(=O)c2ccc(F)cc2)c1. The number of benzene rings is 2. The van der Waals surface area contributed by atoms with Crippen molar-refractivity contribution in [3.05, 3.63) is 59.9 Å². The van der Waals surface area contributed by atoms with Gasteiger partial charge in [-0.3, -0.25) is 4.79 Å². The van der Waals surface area contributed by atoms with Crippen LogP contribution in [0.4, 0.5) is 10.1 Å². The molecule has 1 N–H and O–H groups in total. The monoisotopic (exact) mass is 348 g/mol. The molecule has 5 nitrogen and oxygen atoms in total. The summed E-state index contributed by atoms with van der Waals surface area (Å²) in [6.07, 6.45) is 1.38. The van der Waals surface area contributed by atoms with E-state index in [2.05, 4.69) is 4.72 Å². The van der Waals surface area contributed by atoms with Crippen LogP contribution in [0.3, 0.4) is 0 Å². The normalized spacial score (nSPS) is 15.0. The average Bonchev–Trinajstić information content (AvgIpc) is 3.00. The van der Waals surface area contributed by atoms with E-state index in [1.807, 2.05) is 6.07 Å². The highest BCUT2D eigenvalue weighted by Crippen LogP contribution is 2.22. The Morgan fingerprint density at radius 2 is 1.88 bits per heavy atom. The molecule has 1 fully saturated rings. The minimum atomic E-state index is -3.72. The van der Waals surface area contributed by atoms with Crippen molar-refractivity contribution in [2.24, 2.45) is 0 Å². The van der Waals surface area contributed by atoms with Crippen LogP contribution in [0.2, 0.25) is 0 Å². The first kappa shape index (κ1) is 16.6. The summed E-state index contributed by atoms with van der Waals surface area (Å²) in [5.74, 6) is -0.407. The zero-order valence-corrected chi connectivity index (χ0v) is 13.7. The zero-order chi connectivity index (χ0) is 17.2. The van der Waals surface area contributed by atoms with E-state index in [9.17, 15) is 17.6 Å². The van der Waals surface area contributed by atoms with Gasteiger partial charge in [0.1, 0.15) is 5.82 Å². The van der Waals surface area contributed by atoms with E-state index in [4.69, 9.17) is 0 Å². The molecule has 1 aliphatic rings. The number of nitrogens with zero attached hydrogens (tertiary/aromatic N) is 1. The maximum Gasteiger partial charge on any atom is 0.240 e. The van der Waals surface area contributed by atoms with Crippen molar-refractivity contribution in [3.8, 4) is 0 Å². The molecule has 1 heterocycles. The minimum absolute atomic E-state index is 0.00905. The molecule has 1 saturated heterocycles. The molecule has 0 saturated carbocycles. The lowest BCUT2D eigenvalue weighted by Gasteiger charge is -2.16. The Labute approximate surface area is 140 Å². The van der Waals surface area contributed by atoms with Gasteiger partial charge in [-0.15, -0.1) is 0 Å². The number of halogens is 1. The highest BCUT2D eigenvalue weighted by Gasteiger charge is 2.21. The fourth-order valence-corrected chi connectivity index (χ4v) is 3.65. The summed E-state index contributed by atoms with van der Waals surface area (Å²) >= 11 is 0. The maximum atomic E-state index is 12.9. The molecule has 1 aliphatic heterocycles. The third-order valence-electron chi connectivity index (χ3n) is 3.89. The first-order chi connectivity index (χ1) is 11.5. The van der Waals surface area contributed by atoms with Crippen molar-refractivity contribution in [3.63, 3.8) is 0 Å². The minimum Gasteiger partial charge on any atom is -0.312 e. The number of amides is 1. The Kier molecular flexibility index (Phi) is 4.64. The second-order valence-electron chi connectivity index (χ2n) is 5.60. The van der Waals surface area contributed by atoms with Gasteiger partial charge in [-0.1, -0.05) is 12.1 Å². The third-order valence-corrected chi connectivity index (χ3v) is 5.30. The van der Waals surface area contributed by atoms with E-state index >= 15 is 0 Å². The Bertz CT molecular complexity index is 850. The van der Waals surface area contributed by atoms with Crippen LogP contribution in [0.25, 0.3) is 0 Å². The summed E-state index contributed by atoms with van der Waals surface area (Å²) in [6.45, 7) is 0.777. The fraction of sp³-hybridized carbons (Fsp3) is 0.235. The highest BCUT2D eigenvalue weighted by atomic mass is 32.2. The van der Waals surface area contributed by atoms with Gasteiger partial charge in [0.2, 0.25) is 15.9 Å². The molecule has 126 valence electrons. The van der Waals surface area contributed by atoms with E-state index in [1.54, 1.807) is 23.1 Å². The van der Waals surface area contributed by atoms with Gasteiger partial charge in [0.25, 0.3) is 0 Å². The Morgan fingerprint density at radius 3 is 2.54 bits per heavy atom. The van der Waals surface area contributed by atoms with Crippen molar-refractivity contribution >= 4 is 21.6 Å². The molecule has 0 unspecified atom stereocenters. The summed E-state index contributed by atoms with van der Waals surface area (Å²) < 4.78 is 39.8. The van der Waals surface area contributed by atoms with Gasteiger partial charge in [0.05, 0.1) is 4.90 Å². The standard InChI is InChI=1S/C17H17FN2O3S/c18-14-6-8-16(9-7-14)24(22,23)19-12-13-3-1-4-15(11-13)20-10-2-5-17(20)21/h1,3-4,6-9,11,19H,2,5,10,12H2. The lowest BCUT2D eigenvalue weighted by molar-refractivity contribution is -0.117. The van der Waals surface area contributed by atoms with E-state index in [0.717, 1.165) is 29.8 Å². The molecule has 1 amide bonds. The van der Waals surface area contributed by atoms with Gasteiger partial charge >= 0.3 is 0 Å². The quantitative estimate of drug-likeness (QED) is 0.902. The number of rotatable bonds is 5. The molecule has 3 rings (SSSR count). The van der Waals surface area contributed by atoms with Crippen LogP contribution in [0.15, 0.2) is 53.4 Å².